The number of fused-ring (bicyclic) bond motifs is 1. The molecule has 0 radical (unpaired) electrons. The first-order valence-electron chi connectivity index (χ1n) is 10.1. The van der Waals surface area contributed by atoms with E-state index >= 15 is 0 Å². The molecule has 3 heterocycles. The normalized spacial score (nSPS) is 15.7. The van der Waals surface area contributed by atoms with Gasteiger partial charge in [-0.05, 0) is 55.7 Å². The molecule has 0 aliphatic carbocycles. The average molecular weight is 454 g/mol. The summed E-state index contributed by atoms with van der Waals surface area (Å²) in [6.45, 7) is 2.84. The number of aromatic nitrogens is 5. The summed E-state index contributed by atoms with van der Waals surface area (Å²) in [5.74, 6) is 2.68. The number of hydrogen-bond acceptors (Lipinski definition) is 4. The molecule has 4 aromatic rings. The zero-order valence-electron chi connectivity index (χ0n) is 17.2. The number of halogens is 2. The number of rotatable bonds is 4. The van der Waals surface area contributed by atoms with Crippen molar-refractivity contribution < 1.29 is 4.74 Å². The van der Waals surface area contributed by atoms with E-state index in [0.717, 1.165) is 59.3 Å². The molecule has 0 N–H and O–H groups in total. The van der Waals surface area contributed by atoms with Crippen molar-refractivity contribution in [1.29, 1.82) is 0 Å². The zero-order valence-corrected chi connectivity index (χ0v) is 18.7. The lowest BCUT2D eigenvalue weighted by molar-refractivity contribution is 0.413. The van der Waals surface area contributed by atoms with Crippen molar-refractivity contribution in [2.45, 2.75) is 32.2 Å². The highest BCUT2D eigenvalue weighted by molar-refractivity contribution is 6.42. The predicted octanol–water partition coefficient (Wildman–Crippen LogP) is 5.68. The summed E-state index contributed by atoms with van der Waals surface area (Å²) < 4.78 is 9.83. The van der Waals surface area contributed by atoms with E-state index in [0.29, 0.717) is 10.0 Å². The topological polar surface area (TPSA) is 57.8 Å². The van der Waals surface area contributed by atoms with Crippen LogP contribution in [0.25, 0.3) is 17.1 Å². The Morgan fingerprint density at radius 1 is 1.06 bits per heavy atom. The Morgan fingerprint density at radius 3 is 2.68 bits per heavy atom. The van der Waals surface area contributed by atoms with Gasteiger partial charge in [-0.25, -0.2) is 4.98 Å². The third kappa shape index (κ3) is 3.60. The number of aryl methyl sites for hydroxylation is 1. The van der Waals surface area contributed by atoms with Gasteiger partial charge in [0, 0.05) is 24.2 Å². The number of ether oxygens (including phenoxy) is 1. The zero-order chi connectivity index (χ0) is 21.5. The molecule has 5 rings (SSSR count). The van der Waals surface area contributed by atoms with Crippen LogP contribution in [0.1, 0.15) is 35.8 Å². The summed E-state index contributed by atoms with van der Waals surface area (Å²) >= 11 is 12.4. The smallest absolute Gasteiger partial charge is 0.164 e. The number of imidazole rings is 1. The van der Waals surface area contributed by atoms with Gasteiger partial charge in [-0.15, -0.1) is 10.2 Å². The first kappa shape index (κ1) is 20.1. The van der Waals surface area contributed by atoms with Crippen molar-refractivity contribution in [2.75, 3.05) is 7.11 Å². The Labute approximate surface area is 190 Å². The van der Waals surface area contributed by atoms with Gasteiger partial charge in [0.25, 0.3) is 0 Å². The highest BCUT2D eigenvalue weighted by Gasteiger charge is 2.28. The Balaban J connectivity index is 1.54. The molecule has 1 aliphatic heterocycles. The summed E-state index contributed by atoms with van der Waals surface area (Å²) in [5, 5.41) is 10.2. The molecule has 0 spiro atoms. The molecular weight excluding hydrogens is 433 g/mol. The lowest BCUT2D eigenvalue weighted by atomic mass is 9.91. The molecule has 1 unspecified atom stereocenters. The van der Waals surface area contributed by atoms with Gasteiger partial charge in [0.1, 0.15) is 11.6 Å². The fraction of sp³-hybridized carbons (Fsp3) is 0.261. The minimum atomic E-state index is 0.139. The predicted molar refractivity (Wildman–Crippen MR) is 121 cm³/mol. The summed E-state index contributed by atoms with van der Waals surface area (Å²) in [6, 6.07) is 11.9. The van der Waals surface area contributed by atoms with Gasteiger partial charge < -0.3 is 13.9 Å². The SMILES string of the molecule is COc1cc(-c2nnc3n2CCCC3c2ccc(Cl)c(Cl)c2)ccc1-n1cnc(C)c1. The summed E-state index contributed by atoms with van der Waals surface area (Å²) in [4.78, 5) is 4.31. The van der Waals surface area contributed by atoms with Crippen LogP contribution in [0.3, 0.4) is 0 Å². The summed E-state index contributed by atoms with van der Waals surface area (Å²) in [7, 11) is 1.67. The Morgan fingerprint density at radius 2 is 1.94 bits per heavy atom. The van der Waals surface area contributed by atoms with Gasteiger partial charge in [-0.1, -0.05) is 29.3 Å². The summed E-state index contributed by atoms with van der Waals surface area (Å²) in [5.41, 5.74) is 3.95. The van der Waals surface area contributed by atoms with E-state index in [4.69, 9.17) is 27.9 Å². The van der Waals surface area contributed by atoms with Crippen molar-refractivity contribution in [3.8, 4) is 22.8 Å². The Bertz CT molecular complexity index is 1260. The van der Waals surface area contributed by atoms with E-state index in [-0.39, 0.29) is 5.92 Å². The molecule has 6 nitrogen and oxygen atoms in total. The first-order valence-corrected chi connectivity index (χ1v) is 10.9. The van der Waals surface area contributed by atoms with Gasteiger partial charge >= 0.3 is 0 Å². The number of methoxy groups -OCH3 is 1. The Hall–Kier alpha value is -2.83. The van der Waals surface area contributed by atoms with Gasteiger partial charge in [-0.2, -0.15) is 0 Å². The van der Waals surface area contributed by atoms with Gasteiger partial charge in [-0.3, -0.25) is 0 Å². The highest BCUT2D eigenvalue weighted by Crippen LogP contribution is 2.38. The van der Waals surface area contributed by atoms with Crippen molar-refractivity contribution in [3.05, 3.63) is 76.0 Å². The van der Waals surface area contributed by atoms with E-state index in [1.807, 2.05) is 54.1 Å². The third-order valence-corrected chi connectivity index (χ3v) is 6.48. The first-order chi connectivity index (χ1) is 15.0. The van der Waals surface area contributed by atoms with Crippen molar-refractivity contribution in [2.24, 2.45) is 0 Å². The van der Waals surface area contributed by atoms with Crippen LogP contribution >= 0.6 is 23.2 Å². The molecule has 0 amide bonds. The maximum absolute atomic E-state index is 6.27. The average Bonchev–Trinajstić information content (AvgIpc) is 3.41. The molecule has 0 fully saturated rings. The fourth-order valence-corrected chi connectivity index (χ4v) is 4.52. The second-order valence-corrected chi connectivity index (χ2v) is 8.53. The van der Waals surface area contributed by atoms with Crippen LogP contribution in [0, 0.1) is 6.92 Å². The van der Waals surface area contributed by atoms with Crippen LogP contribution in [0.5, 0.6) is 5.75 Å². The molecule has 8 heteroatoms. The van der Waals surface area contributed by atoms with Gasteiger partial charge in [0.15, 0.2) is 5.82 Å². The van der Waals surface area contributed by atoms with Crippen LogP contribution in [-0.4, -0.2) is 31.4 Å². The molecule has 0 bridgehead atoms. The van der Waals surface area contributed by atoms with Crippen molar-refractivity contribution in [1.82, 2.24) is 24.3 Å². The van der Waals surface area contributed by atoms with E-state index in [9.17, 15) is 0 Å². The second-order valence-electron chi connectivity index (χ2n) is 7.71. The fourth-order valence-electron chi connectivity index (χ4n) is 4.22. The lowest BCUT2D eigenvalue weighted by Gasteiger charge is -2.24. The van der Waals surface area contributed by atoms with Crippen LogP contribution in [0.2, 0.25) is 10.0 Å². The van der Waals surface area contributed by atoms with Crippen LogP contribution in [0.15, 0.2) is 48.9 Å². The molecular formula is C23H21Cl2N5O. The van der Waals surface area contributed by atoms with E-state index in [2.05, 4.69) is 19.7 Å². The molecule has 2 aromatic carbocycles. The quantitative estimate of drug-likeness (QED) is 0.398. The van der Waals surface area contributed by atoms with Crippen molar-refractivity contribution in [3.63, 3.8) is 0 Å². The van der Waals surface area contributed by atoms with Gasteiger partial charge in [0.2, 0.25) is 0 Å². The van der Waals surface area contributed by atoms with Crippen molar-refractivity contribution >= 4 is 23.2 Å². The van der Waals surface area contributed by atoms with E-state index < -0.39 is 0 Å². The summed E-state index contributed by atoms with van der Waals surface area (Å²) in [6.07, 6.45) is 5.79. The van der Waals surface area contributed by atoms with Crippen LogP contribution < -0.4 is 4.74 Å². The number of hydrogen-bond donors (Lipinski definition) is 0. The maximum Gasteiger partial charge on any atom is 0.164 e. The standard InChI is InChI=1S/C23H21Cl2N5O/c1-14-12-29(13-26-14)20-8-6-16(11-21(20)31-2)22-27-28-23-17(4-3-9-30(22)23)15-5-7-18(24)19(25)10-15/h5-8,10-13,17H,3-4,9H2,1-2H3. The van der Waals surface area contributed by atoms with E-state index in [1.54, 1.807) is 13.4 Å². The minimum absolute atomic E-state index is 0.139. The molecule has 0 saturated carbocycles. The monoisotopic (exact) mass is 453 g/mol. The third-order valence-electron chi connectivity index (χ3n) is 5.74. The van der Waals surface area contributed by atoms with Gasteiger partial charge in [0.05, 0.1) is 34.9 Å². The molecule has 31 heavy (non-hydrogen) atoms. The molecule has 0 saturated heterocycles. The molecule has 2 aromatic heterocycles. The highest BCUT2D eigenvalue weighted by atomic mass is 35.5. The van der Waals surface area contributed by atoms with Crippen LogP contribution in [0.4, 0.5) is 0 Å². The van der Waals surface area contributed by atoms with E-state index in [1.165, 1.54) is 0 Å². The maximum atomic E-state index is 6.27. The largest absolute Gasteiger partial charge is 0.495 e. The Kier molecular flexibility index (Phi) is 5.20. The van der Waals surface area contributed by atoms with Crippen LogP contribution in [-0.2, 0) is 6.54 Å². The molecule has 1 aliphatic rings. The number of benzene rings is 2. The molecule has 158 valence electrons. The molecule has 1 atom stereocenters. The number of nitrogens with zero attached hydrogens (tertiary/aromatic N) is 5. The minimum Gasteiger partial charge on any atom is -0.495 e. The lowest BCUT2D eigenvalue weighted by Crippen LogP contribution is -2.17. The second kappa shape index (κ2) is 8.02.